The molecule has 0 saturated carbocycles. The molecule has 0 atom stereocenters. The first-order chi connectivity index (χ1) is 6.89. The Kier molecular flexibility index (Phi) is 7.23. The summed E-state index contributed by atoms with van der Waals surface area (Å²) in [6, 6.07) is 0. The molecule has 0 N–H and O–H groups in total. The molecule has 92 valence electrons. The van der Waals surface area contributed by atoms with E-state index in [-0.39, 0.29) is 11.0 Å². The van der Waals surface area contributed by atoms with Crippen LogP contribution in [-0.4, -0.2) is 24.0 Å². The van der Waals surface area contributed by atoms with Gasteiger partial charge in [-0.2, -0.15) is 0 Å². The van der Waals surface area contributed by atoms with Crippen molar-refractivity contribution in [3.63, 3.8) is 0 Å². The molecular weight excluding hydrogens is 231 g/mol. The van der Waals surface area contributed by atoms with Crippen LogP contribution < -0.4 is 0 Å². The van der Waals surface area contributed by atoms with E-state index in [2.05, 4.69) is 27.7 Å². The first-order valence-electron chi connectivity index (χ1n) is 5.65. The van der Waals surface area contributed by atoms with Gasteiger partial charge in [0.25, 0.3) is 0 Å². The topological polar surface area (TPSA) is 9.23 Å². The van der Waals surface area contributed by atoms with Gasteiger partial charge in [0.1, 0.15) is 0 Å². The van der Waals surface area contributed by atoms with E-state index in [9.17, 15) is 0 Å². The summed E-state index contributed by atoms with van der Waals surface area (Å²) in [5, 5.41) is 0. The minimum absolute atomic E-state index is 0.0586. The summed E-state index contributed by atoms with van der Waals surface area (Å²) in [7, 11) is 0. The van der Waals surface area contributed by atoms with Crippen molar-refractivity contribution < 1.29 is 4.74 Å². The lowest BCUT2D eigenvalue weighted by Crippen LogP contribution is -2.29. The molecule has 0 aromatic heterocycles. The van der Waals surface area contributed by atoms with Gasteiger partial charge in [0.05, 0.1) is 5.60 Å². The summed E-state index contributed by atoms with van der Waals surface area (Å²) in [5.74, 6) is 1.25. The summed E-state index contributed by atoms with van der Waals surface area (Å²) >= 11 is 12.0. The third kappa shape index (κ3) is 6.65. The van der Waals surface area contributed by atoms with Gasteiger partial charge in [-0.15, -0.1) is 23.2 Å². The van der Waals surface area contributed by atoms with E-state index < -0.39 is 0 Å². The fourth-order valence-electron chi connectivity index (χ4n) is 1.53. The van der Waals surface area contributed by atoms with Gasteiger partial charge in [0.15, 0.2) is 0 Å². The van der Waals surface area contributed by atoms with Crippen LogP contribution in [0.25, 0.3) is 0 Å². The normalized spacial score (nSPS) is 13.2. The molecule has 15 heavy (non-hydrogen) atoms. The lowest BCUT2D eigenvalue weighted by molar-refractivity contribution is -0.0156. The third-order valence-electron chi connectivity index (χ3n) is 2.51. The SMILES string of the molecule is CCCC(CCl)(CCl)CCOC(C)(C)C. The molecule has 0 rings (SSSR count). The van der Waals surface area contributed by atoms with Gasteiger partial charge in [0.2, 0.25) is 0 Å². The van der Waals surface area contributed by atoms with Crippen LogP contribution in [0.3, 0.4) is 0 Å². The Morgan fingerprint density at radius 3 is 1.87 bits per heavy atom. The Balaban J connectivity index is 4.06. The van der Waals surface area contributed by atoms with Crippen molar-refractivity contribution in [2.75, 3.05) is 18.4 Å². The highest BCUT2D eigenvalue weighted by Gasteiger charge is 2.27. The Morgan fingerprint density at radius 2 is 1.53 bits per heavy atom. The van der Waals surface area contributed by atoms with Gasteiger partial charge < -0.3 is 4.74 Å². The van der Waals surface area contributed by atoms with Crippen LogP contribution in [0.15, 0.2) is 0 Å². The van der Waals surface area contributed by atoms with Crippen LogP contribution >= 0.6 is 23.2 Å². The van der Waals surface area contributed by atoms with Crippen LogP contribution in [-0.2, 0) is 4.74 Å². The average Bonchev–Trinajstić information content (AvgIpc) is 2.14. The Hall–Kier alpha value is 0.540. The fourth-order valence-corrected chi connectivity index (χ4v) is 2.35. The zero-order valence-corrected chi connectivity index (χ0v) is 11.9. The molecule has 0 aliphatic rings. The average molecular weight is 255 g/mol. The molecule has 0 aromatic rings. The third-order valence-corrected chi connectivity index (χ3v) is 3.65. The van der Waals surface area contributed by atoms with Crippen molar-refractivity contribution in [3.8, 4) is 0 Å². The minimum atomic E-state index is -0.0728. The molecule has 0 aliphatic carbocycles. The number of hydrogen-bond acceptors (Lipinski definition) is 1. The number of hydrogen-bond donors (Lipinski definition) is 0. The Bertz CT molecular complexity index is 159. The number of halogens is 2. The standard InChI is InChI=1S/C12H24Cl2O/c1-5-6-12(9-13,10-14)7-8-15-11(2,3)4/h5-10H2,1-4H3. The van der Waals surface area contributed by atoms with Crippen molar-refractivity contribution in [2.24, 2.45) is 5.41 Å². The summed E-state index contributed by atoms with van der Waals surface area (Å²) in [6.45, 7) is 9.10. The van der Waals surface area contributed by atoms with Crippen LogP contribution in [0.4, 0.5) is 0 Å². The first kappa shape index (κ1) is 15.5. The van der Waals surface area contributed by atoms with Crippen molar-refractivity contribution in [2.45, 2.75) is 52.6 Å². The molecule has 0 fully saturated rings. The fraction of sp³-hybridized carbons (Fsp3) is 1.00. The molecule has 0 aliphatic heterocycles. The van der Waals surface area contributed by atoms with E-state index in [0.717, 1.165) is 25.9 Å². The van der Waals surface area contributed by atoms with Gasteiger partial charge >= 0.3 is 0 Å². The van der Waals surface area contributed by atoms with Crippen LogP contribution in [0.5, 0.6) is 0 Å². The summed E-state index contributed by atoms with van der Waals surface area (Å²) in [4.78, 5) is 0. The van der Waals surface area contributed by atoms with Crippen LogP contribution in [0.1, 0.15) is 47.0 Å². The van der Waals surface area contributed by atoms with Crippen molar-refractivity contribution in [1.82, 2.24) is 0 Å². The van der Waals surface area contributed by atoms with Gasteiger partial charge in [-0.25, -0.2) is 0 Å². The quantitative estimate of drug-likeness (QED) is 0.610. The zero-order chi connectivity index (χ0) is 11.9. The first-order valence-corrected chi connectivity index (χ1v) is 6.72. The Labute approximate surface area is 104 Å². The van der Waals surface area contributed by atoms with Crippen molar-refractivity contribution in [1.29, 1.82) is 0 Å². The maximum atomic E-state index is 6.01. The molecule has 0 bridgehead atoms. The molecule has 0 radical (unpaired) electrons. The highest BCUT2D eigenvalue weighted by Crippen LogP contribution is 2.32. The number of rotatable bonds is 7. The second-order valence-electron chi connectivity index (χ2n) is 5.23. The molecule has 0 aromatic carbocycles. The molecular formula is C12H24Cl2O. The van der Waals surface area contributed by atoms with Gasteiger partial charge in [-0.1, -0.05) is 13.3 Å². The van der Waals surface area contributed by atoms with E-state index in [1.807, 2.05) is 0 Å². The van der Waals surface area contributed by atoms with E-state index in [1.54, 1.807) is 0 Å². The second kappa shape index (κ2) is 6.98. The lowest BCUT2D eigenvalue weighted by atomic mass is 9.84. The maximum absolute atomic E-state index is 6.01. The minimum Gasteiger partial charge on any atom is -0.376 e. The van der Waals surface area contributed by atoms with E-state index in [1.165, 1.54) is 0 Å². The van der Waals surface area contributed by atoms with Gasteiger partial charge in [0, 0.05) is 18.4 Å². The van der Waals surface area contributed by atoms with Gasteiger partial charge in [-0.3, -0.25) is 0 Å². The molecule has 0 spiro atoms. The van der Waals surface area contributed by atoms with E-state index in [0.29, 0.717) is 11.8 Å². The highest BCUT2D eigenvalue weighted by molar-refractivity contribution is 6.21. The molecule has 0 amide bonds. The van der Waals surface area contributed by atoms with Crippen LogP contribution in [0, 0.1) is 5.41 Å². The predicted molar refractivity (Wildman–Crippen MR) is 69.1 cm³/mol. The molecule has 0 unspecified atom stereocenters. The molecule has 1 nitrogen and oxygen atoms in total. The molecule has 0 heterocycles. The molecule has 0 saturated heterocycles. The number of alkyl halides is 2. The van der Waals surface area contributed by atoms with Crippen molar-refractivity contribution >= 4 is 23.2 Å². The summed E-state index contributed by atoms with van der Waals surface area (Å²) in [5.41, 5.74) is -0.0142. The van der Waals surface area contributed by atoms with Crippen LogP contribution in [0.2, 0.25) is 0 Å². The highest BCUT2D eigenvalue weighted by atomic mass is 35.5. The van der Waals surface area contributed by atoms with E-state index in [4.69, 9.17) is 27.9 Å². The summed E-state index contributed by atoms with van der Waals surface area (Å²) < 4.78 is 5.72. The molecule has 3 heteroatoms. The van der Waals surface area contributed by atoms with E-state index >= 15 is 0 Å². The van der Waals surface area contributed by atoms with Crippen molar-refractivity contribution in [3.05, 3.63) is 0 Å². The largest absolute Gasteiger partial charge is 0.376 e. The maximum Gasteiger partial charge on any atom is 0.0598 e. The van der Waals surface area contributed by atoms with Gasteiger partial charge in [-0.05, 0) is 39.0 Å². The number of ether oxygens (including phenoxy) is 1. The predicted octanol–water partition coefficient (Wildman–Crippen LogP) is 4.46. The lowest BCUT2D eigenvalue weighted by Gasteiger charge is -2.30. The monoisotopic (exact) mass is 254 g/mol. The second-order valence-corrected chi connectivity index (χ2v) is 5.76. The Morgan fingerprint density at radius 1 is 1.00 bits per heavy atom. The summed E-state index contributed by atoms with van der Waals surface area (Å²) in [6.07, 6.45) is 3.15. The smallest absolute Gasteiger partial charge is 0.0598 e. The zero-order valence-electron chi connectivity index (χ0n) is 10.4.